The van der Waals surface area contributed by atoms with Crippen molar-refractivity contribution in [3.8, 4) is 11.3 Å². The van der Waals surface area contributed by atoms with Gasteiger partial charge in [0.25, 0.3) is 0 Å². The van der Waals surface area contributed by atoms with Crippen LogP contribution in [0.1, 0.15) is 26.3 Å². The highest BCUT2D eigenvalue weighted by molar-refractivity contribution is 7.14. The number of nitrogens with zero attached hydrogens (tertiary/aromatic N) is 2. The lowest BCUT2D eigenvalue weighted by atomic mass is 10.1. The van der Waals surface area contributed by atoms with Crippen LogP contribution in [0.3, 0.4) is 0 Å². The highest BCUT2D eigenvalue weighted by Gasteiger charge is 2.19. The van der Waals surface area contributed by atoms with Crippen molar-refractivity contribution in [3.63, 3.8) is 0 Å². The highest BCUT2D eigenvalue weighted by atomic mass is 35.5. The lowest BCUT2D eigenvalue weighted by Gasteiger charge is -2.22. The van der Waals surface area contributed by atoms with E-state index in [0.29, 0.717) is 16.6 Å². The maximum Gasteiger partial charge on any atom is 0.408 e. The number of carbonyl (C=O) groups excluding carboxylic acids is 1. The van der Waals surface area contributed by atoms with E-state index < -0.39 is 11.7 Å². The molecule has 31 heavy (non-hydrogen) atoms. The van der Waals surface area contributed by atoms with Crippen molar-refractivity contribution < 1.29 is 9.53 Å². The molecule has 0 aliphatic heterocycles. The fourth-order valence-corrected chi connectivity index (χ4v) is 3.52. The molecule has 0 bridgehead atoms. The quantitative estimate of drug-likeness (QED) is 0.338. The first-order valence-corrected chi connectivity index (χ1v) is 11.1. The third-order valence-electron chi connectivity index (χ3n) is 4.06. The molecule has 1 heterocycles. The molecule has 3 aromatic rings. The molecule has 8 heteroatoms. The Kier molecular flexibility index (Phi) is 7.65. The van der Waals surface area contributed by atoms with E-state index in [1.807, 2.05) is 80.7 Å². The van der Waals surface area contributed by atoms with E-state index in [1.165, 1.54) is 11.3 Å². The van der Waals surface area contributed by atoms with E-state index in [2.05, 4.69) is 20.8 Å². The maximum atomic E-state index is 12.2. The molecule has 0 fully saturated rings. The van der Waals surface area contributed by atoms with Gasteiger partial charge in [0.05, 0.1) is 11.7 Å². The predicted molar refractivity (Wildman–Crippen MR) is 128 cm³/mol. The first-order chi connectivity index (χ1) is 14.8. The molecule has 1 atom stereocenters. The molecule has 1 amide bonds. The van der Waals surface area contributed by atoms with Gasteiger partial charge in [-0.3, -0.25) is 5.43 Å². The summed E-state index contributed by atoms with van der Waals surface area (Å²) in [7, 11) is 0. The number of amides is 1. The number of hydrazone groups is 1. The monoisotopic (exact) mass is 456 g/mol. The van der Waals surface area contributed by atoms with Gasteiger partial charge < -0.3 is 10.1 Å². The SMILES string of the molecule is CC(C)(C)OC(=O)NC(/C=N/Nc1nc(-c2ccc(Cl)cc2)cs1)Cc1ccccc1. The number of anilines is 1. The summed E-state index contributed by atoms with van der Waals surface area (Å²) in [6, 6.07) is 17.0. The van der Waals surface area contributed by atoms with Gasteiger partial charge in [-0.25, -0.2) is 9.78 Å². The Morgan fingerprint density at radius 1 is 1.19 bits per heavy atom. The first kappa shape index (κ1) is 22.8. The fraction of sp³-hybridized carbons (Fsp3) is 0.261. The molecule has 2 N–H and O–H groups in total. The van der Waals surface area contributed by atoms with Gasteiger partial charge in [-0.15, -0.1) is 11.3 Å². The van der Waals surface area contributed by atoms with Crippen LogP contribution in [0.2, 0.25) is 5.02 Å². The van der Waals surface area contributed by atoms with E-state index in [0.717, 1.165) is 16.8 Å². The van der Waals surface area contributed by atoms with Crippen LogP contribution in [-0.4, -0.2) is 28.9 Å². The molecule has 0 aliphatic carbocycles. The summed E-state index contributed by atoms with van der Waals surface area (Å²) in [5.74, 6) is 0. The molecule has 1 aromatic heterocycles. The number of thiazole rings is 1. The van der Waals surface area contributed by atoms with Crippen molar-refractivity contribution in [2.75, 3.05) is 5.43 Å². The van der Waals surface area contributed by atoms with Crippen LogP contribution in [0.15, 0.2) is 65.1 Å². The third kappa shape index (κ3) is 7.70. The molecule has 3 rings (SSSR count). The smallest absolute Gasteiger partial charge is 0.408 e. The maximum absolute atomic E-state index is 12.2. The van der Waals surface area contributed by atoms with Crippen molar-refractivity contribution in [1.82, 2.24) is 10.3 Å². The minimum Gasteiger partial charge on any atom is -0.444 e. The Morgan fingerprint density at radius 3 is 2.58 bits per heavy atom. The van der Waals surface area contributed by atoms with E-state index in [9.17, 15) is 4.79 Å². The van der Waals surface area contributed by atoms with Gasteiger partial charge in [-0.1, -0.05) is 54.1 Å². The summed E-state index contributed by atoms with van der Waals surface area (Å²) < 4.78 is 5.38. The van der Waals surface area contributed by atoms with Crippen molar-refractivity contribution >= 4 is 40.4 Å². The molecule has 0 saturated heterocycles. The average molecular weight is 457 g/mol. The molecule has 0 radical (unpaired) electrons. The zero-order valence-electron chi connectivity index (χ0n) is 17.6. The Labute approximate surface area is 191 Å². The van der Waals surface area contributed by atoms with Crippen LogP contribution in [0.25, 0.3) is 11.3 Å². The van der Waals surface area contributed by atoms with Crippen molar-refractivity contribution in [3.05, 3.63) is 70.6 Å². The number of benzene rings is 2. The number of hydrogen-bond acceptors (Lipinski definition) is 6. The van der Waals surface area contributed by atoms with Crippen LogP contribution >= 0.6 is 22.9 Å². The second-order valence-electron chi connectivity index (χ2n) is 7.88. The van der Waals surface area contributed by atoms with Crippen molar-refractivity contribution in [2.45, 2.75) is 38.8 Å². The topological polar surface area (TPSA) is 75.6 Å². The summed E-state index contributed by atoms with van der Waals surface area (Å²) in [6.07, 6.45) is 1.75. The number of nitrogens with one attached hydrogen (secondary N) is 2. The van der Waals surface area contributed by atoms with Crippen LogP contribution < -0.4 is 10.7 Å². The van der Waals surface area contributed by atoms with E-state index >= 15 is 0 Å². The summed E-state index contributed by atoms with van der Waals surface area (Å²) >= 11 is 7.39. The van der Waals surface area contributed by atoms with E-state index in [1.54, 1.807) is 6.21 Å². The summed E-state index contributed by atoms with van der Waals surface area (Å²) in [5, 5.41) is 10.4. The predicted octanol–water partition coefficient (Wildman–Crippen LogP) is 6.00. The molecule has 6 nitrogen and oxygen atoms in total. The standard InChI is InChI=1S/C23H25ClN4O2S/c1-23(2,3)30-22(29)26-19(13-16-7-5-4-6-8-16)14-25-28-21-27-20(15-31-21)17-9-11-18(24)12-10-17/h4-12,14-15,19H,13H2,1-3H3,(H,26,29)(H,27,28)/b25-14+. The minimum absolute atomic E-state index is 0.347. The average Bonchev–Trinajstić information content (AvgIpc) is 3.16. The lowest BCUT2D eigenvalue weighted by molar-refractivity contribution is 0.0519. The molecular weight excluding hydrogens is 432 g/mol. The number of halogens is 1. The third-order valence-corrected chi connectivity index (χ3v) is 5.06. The highest BCUT2D eigenvalue weighted by Crippen LogP contribution is 2.25. The second kappa shape index (κ2) is 10.4. The normalized spacial score (nSPS) is 12.5. The largest absolute Gasteiger partial charge is 0.444 e. The Hall–Kier alpha value is -2.90. The number of alkyl carbamates (subject to hydrolysis) is 1. The number of hydrogen-bond donors (Lipinski definition) is 2. The molecule has 0 spiro atoms. The zero-order chi connectivity index (χ0) is 22.3. The summed E-state index contributed by atoms with van der Waals surface area (Å²) in [6.45, 7) is 5.49. The van der Waals surface area contributed by atoms with Crippen LogP contribution in [0.5, 0.6) is 0 Å². The Balaban J connectivity index is 1.65. The number of rotatable bonds is 7. The van der Waals surface area contributed by atoms with Gasteiger partial charge in [-0.2, -0.15) is 5.10 Å². The lowest BCUT2D eigenvalue weighted by Crippen LogP contribution is -2.41. The molecular formula is C23H25ClN4O2S. The zero-order valence-corrected chi connectivity index (χ0v) is 19.2. The molecule has 1 unspecified atom stereocenters. The van der Waals surface area contributed by atoms with Crippen molar-refractivity contribution in [2.24, 2.45) is 5.10 Å². The van der Waals surface area contributed by atoms with Crippen molar-refractivity contribution in [1.29, 1.82) is 0 Å². The van der Waals surface area contributed by atoms with E-state index in [-0.39, 0.29) is 6.04 Å². The number of carbonyl (C=O) groups is 1. The van der Waals surface area contributed by atoms with Gasteiger partial charge in [0.1, 0.15) is 5.60 Å². The number of ether oxygens (including phenoxy) is 1. The fourth-order valence-electron chi connectivity index (χ4n) is 2.73. The van der Waals surface area contributed by atoms with Gasteiger partial charge >= 0.3 is 6.09 Å². The van der Waals surface area contributed by atoms with Gasteiger partial charge in [0.15, 0.2) is 0 Å². The summed E-state index contributed by atoms with van der Waals surface area (Å²) in [4.78, 5) is 16.8. The molecule has 0 saturated carbocycles. The number of aromatic nitrogens is 1. The first-order valence-electron chi connectivity index (χ1n) is 9.82. The van der Waals surface area contributed by atoms with E-state index in [4.69, 9.17) is 16.3 Å². The second-order valence-corrected chi connectivity index (χ2v) is 9.17. The molecule has 0 aliphatic rings. The van der Waals surface area contributed by atoms with Crippen LogP contribution in [0.4, 0.5) is 9.93 Å². The van der Waals surface area contributed by atoms with Crippen LogP contribution in [-0.2, 0) is 11.2 Å². The Morgan fingerprint density at radius 2 is 1.90 bits per heavy atom. The molecule has 162 valence electrons. The van der Waals surface area contributed by atoms with Crippen LogP contribution in [0, 0.1) is 0 Å². The van der Waals surface area contributed by atoms with Gasteiger partial charge in [0, 0.05) is 22.2 Å². The summed E-state index contributed by atoms with van der Waals surface area (Å²) in [5.41, 5.74) is 5.26. The Bertz CT molecular complexity index is 1010. The molecule has 2 aromatic carbocycles. The van der Waals surface area contributed by atoms with Gasteiger partial charge in [0.2, 0.25) is 5.13 Å². The minimum atomic E-state index is -0.574. The van der Waals surface area contributed by atoms with Gasteiger partial charge in [-0.05, 0) is 44.9 Å².